The standard InChI is InChI=1S/C17H18N2O2S2/c1-17(2)8-12-15(13(20)9-17)23-16(18-12)19-14(21)10-22-11-6-4-3-5-7-11/h3-7H,8-10H2,1-2H3,(H,18,19,21). The van der Waals surface area contributed by atoms with E-state index in [9.17, 15) is 9.59 Å². The Morgan fingerprint density at radius 1 is 1.30 bits per heavy atom. The van der Waals surface area contributed by atoms with E-state index in [1.165, 1.54) is 23.1 Å². The van der Waals surface area contributed by atoms with Gasteiger partial charge in [0.05, 0.1) is 16.3 Å². The molecule has 1 aromatic heterocycles. The molecule has 0 saturated heterocycles. The minimum absolute atomic E-state index is 0.0530. The summed E-state index contributed by atoms with van der Waals surface area (Å²) in [6.07, 6.45) is 1.32. The van der Waals surface area contributed by atoms with Crippen LogP contribution in [0.2, 0.25) is 0 Å². The van der Waals surface area contributed by atoms with Crippen LogP contribution in [0.5, 0.6) is 0 Å². The van der Waals surface area contributed by atoms with Crippen molar-refractivity contribution in [1.29, 1.82) is 0 Å². The van der Waals surface area contributed by atoms with Gasteiger partial charge in [-0.2, -0.15) is 0 Å². The lowest BCUT2D eigenvalue weighted by atomic mass is 9.78. The Morgan fingerprint density at radius 2 is 2.04 bits per heavy atom. The van der Waals surface area contributed by atoms with Crippen molar-refractivity contribution >= 4 is 39.9 Å². The zero-order chi connectivity index (χ0) is 16.4. The summed E-state index contributed by atoms with van der Waals surface area (Å²) in [5.74, 6) is 0.359. The highest BCUT2D eigenvalue weighted by molar-refractivity contribution is 8.00. The first kappa shape index (κ1) is 16.2. The largest absolute Gasteiger partial charge is 0.301 e. The molecule has 1 aromatic carbocycles. The Labute approximate surface area is 143 Å². The number of carbonyl (C=O) groups is 2. The normalized spacial score (nSPS) is 16.0. The van der Waals surface area contributed by atoms with Crippen LogP contribution in [0, 0.1) is 5.41 Å². The molecule has 0 bridgehead atoms. The first-order chi connectivity index (χ1) is 10.9. The van der Waals surface area contributed by atoms with Gasteiger partial charge >= 0.3 is 0 Å². The molecule has 23 heavy (non-hydrogen) atoms. The Balaban J connectivity index is 1.63. The summed E-state index contributed by atoms with van der Waals surface area (Å²) < 4.78 is 0. The van der Waals surface area contributed by atoms with E-state index >= 15 is 0 Å². The van der Waals surface area contributed by atoms with Crippen molar-refractivity contribution in [3.63, 3.8) is 0 Å². The molecule has 1 aliphatic rings. The van der Waals surface area contributed by atoms with Crippen LogP contribution in [0.15, 0.2) is 35.2 Å². The summed E-state index contributed by atoms with van der Waals surface area (Å²) in [6, 6.07) is 9.79. The second-order valence-electron chi connectivity index (χ2n) is 6.39. The number of Topliss-reactive ketones (excluding diaryl/α,β-unsaturated/α-hetero) is 1. The number of aromatic nitrogens is 1. The molecule has 0 aliphatic heterocycles. The van der Waals surface area contributed by atoms with Gasteiger partial charge in [0.15, 0.2) is 10.9 Å². The fourth-order valence-corrected chi connectivity index (χ4v) is 4.25. The Morgan fingerprint density at radius 3 is 2.78 bits per heavy atom. The second-order valence-corrected chi connectivity index (χ2v) is 8.43. The summed E-state index contributed by atoms with van der Waals surface area (Å²) >= 11 is 2.77. The van der Waals surface area contributed by atoms with Gasteiger partial charge in [-0.3, -0.25) is 9.59 Å². The van der Waals surface area contributed by atoms with Crippen molar-refractivity contribution < 1.29 is 9.59 Å². The van der Waals surface area contributed by atoms with E-state index in [0.29, 0.717) is 22.2 Å². The van der Waals surface area contributed by atoms with Crippen LogP contribution in [-0.4, -0.2) is 22.4 Å². The summed E-state index contributed by atoms with van der Waals surface area (Å²) in [5, 5.41) is 3.34. The third-order valence-corrected chi connectivity index (χ3v) is 5.66. The van der Waals surface area contributed by atoms with Gasteiger partial charge in [0.2, 0.25) is 5.91 Å². The number of nitrogens with zero attached hydrogens (tertiary/aromatic N) is 1. The van der Waals surface area contributed by atoms with E-state index in [1.807, 2.05) is 30.3 Å². The Hall–Kier alpha value is -1.66. The minimum Gasteiger partial charge on any atom is -0.301 e. The van der Waals surface area contributed by atoms with Crippen molar-refractivity contribution in [2.75, 3.05) is 11.1 Å². The molecule has 0 radical (unpaired) electrons. The van der Waals surface area contributed by atoms with Gasteiger partial charge in [0.1, 0.15) is 0 Å². The Kier molecular flexibility index (Phi) is 4.55. The van der Waals surface area contributed by atoms with Crippen molar-refractivity contribution in [2.45, 2.75) is 31.6 Å². The number of nitrogens with one attached hydrogen (secondary N) is 1. The quantitative estimate of drug-likeness (QED) is 0.849. The number of fused-ring (bicyclic) bond motifs is 1. The van der Waals surface area contributed by atoms with E-state index in [-0.39, 0.29) is 17.1 Å². The molecule has 0 saturated carbocycles. The van der Waals surface area contributed by atoms with Crippen molar-refractivity contribution in [3.8, 4) is 0 Å². The molecule has 6 heteroatoms. The number of hydrogen-bond acceptors (Lipinski definition) is 5. The predicted octanol–water partition coefficient (Wildman–Crippen LogP) is 4.03. The lowest BCUT2D eigenvalue weighted by Crippen LogP contribution is -2.26. The fraction of sp³-hybridized carbons (Fsp3) is 0.353. The zero-order valence-corrected chi connectivity index (χ0v) is 14.7. The number of amides is 1. The first-order valence-corrected chi connectivity index (χ1v) is 9.24. The molecule has 1 heterocycles. The molecule has 0 unspecified atom stereocenters. The van der Waals surface area contributed by atoms with Gasteiger partial charge < -0.3 is 5.32 Å². The molecule has 4 nitrogen and oxygen atoms in total. The maximum atomic E-state index is 12.2. The zero-order valence-electron chi connectivity index (χ0n) is 13.1. The van der Waals surface area contributed by atoms with E-state index in [1.54, 1.807) is 0 Å². The van der Waals surface area contributed by atoms with Crippen LogP contribution >= 0.6 is 23.1 Å². The molecule has 120 valence electrons. The predicted molar refractivity (Wildman–Crippen MR) is 94.3 cm³/mol. The van der Waals surface area contributed by atoms with Gasteiger partial charge in [0, 0.05) is 11.3 Å². The monoisotopic (exact) mass is 346 g/mol. The highest BCUT2D eigenvalue weighted by Gasteiger charge is 2.34. The molecular formula is C17H18N2O2S2. The fourth-order valence-electron chi connectivity index (χ4n) is 2.59. The number of thiazole rings is 1. The molecule has 3 rings (SSSR count). The van der Waals surface area contributed by atoms with Crippen LogP contribution < -0.4 is 5.32 Å². The van der Waals surface area contributed by atoms with E-state index < -0.39 is 0 Å². The molecule has 0 atom stereocenters. The topological polar surface area (TPSA) is 59.1 Å². The number of thioether (sulfide) groups is 1. The third-order valence-electron chi connectivity index (χ3n) is 3.60. The molecule has 1 aliphatic carbocycles. The number of ketones is 1. The average Bonchev–Trinajstić information content (AvgIpc) is 2.87. The van der Waals surface area contributed by atoms with Crippen LogP contribution in [0.4, 0.5) is 5.13 Å². The molecule has 1 amide bonds. The molecule has 0 fully saturated rings. The second kappa shape index (κ2) is 6.45. The summed E-state index contributed by atoms with van der Waals surface area (Å²) in [5.41, 5.74) is 0.769. The van der Waals surface area contributed by atoms with Crippen LogP contribution in [0.25, 0.3) is 0 Å². The van der Waals surface area contributed by atoms with E-state index in [0.717, 1.165) is 17.0 Å². The summed E-state index contributed by atoms with van der Waals surface area (Å²) in [4.78, 5) is 30.4. The maximum absolute atomic E-state index is 12.2. The van der Waals surface area contributed by atoms with Crippen molar-refractivity contribution in [1.82, 2.24) is 4.98 Å². The van der Waals surface area contributed by atoms with Crippen molar-refractivity contribution in [3.05, 3.63) is 40.9 Å². The maximum Gasteiger partial charge on any atom is 0.236 e. The van der Waals surface area contributed by atoms with E-state index in [4.69, 9.17) is 0 Å². The van der Waals surface area contributed by atoms with Crippen molar-refractivity contribution in [2.24, 2.45) is 5.41 Å². The number of rotatable bonds is 4. The lowest BCUT2D eigenvalue weighted by Gasteiger charge is -2.26. The minimum atomic E-state index is -0.100. The number of hydrogen-bond donors (Lipinski definition) is 1. The van der Waals surface area contributed by atoms with Crippen LogP contribution in [0.1, 0.15) is 35.6 Å². The van der Waals surface area contributed by atoms with E-state index in [2.05, 4.69) is 24.1 Å². The number of benzene rings is 1. The lowest BCUT2D eigenvalue weighted by molar-refractivity contribution is -0.113. The number of carbonyl (C=O) groups excluding carboxylic acids is 2. The summed E-state index contributed by atoms with van der Waals surface area (Å²) in [6.45, 7) is 4.14. The SMILES string of the molecule is CC1(C)CC(=O)c2sc(NC(=O)CSc3ccccc3)nc2C1. The van der Waals surface area contributed by atoms with Gasteiger partial charge in [-0.25, -0.2) is 4.98 Å². The highest BCUT2D eigenvalue weighted by atomic mass is 32.2. The first-order valence-electron chi connectivity index (χ1n) is 7.43. The van der Waals surface area contributed by atoms with Gasteiger partial charge in [-0.15, -0.1) is 11.8 Å². The van der Waals surface area contributed by atoms with Crippen LogP contribution in [0.3, 0.4) is 0 Å². The molecule has 1 N–H and O–H groups in total. The third kappa shape index (κ3) is 4.00. The number of anilines is 1. The van der Waals surface area contributed by atoms with Gasteiger partial charge in [-0.05, 0) is 24.0 Å². The Bertz CT molecular complexity index is 738. The van der Waals surface area contributed by atoms with Gasteiger partial charge in [0.25, 0.3) is 0 Å². The molecule has 2 aromatic rings. The average molecular weight is 346 g/mol. The van der Waals surface area contributed by atoms with Crippen LogP contribution in [-0.2, 0) is 11.2 Å². The molecular weight excluding hydrogens is 328 g/mol. The molecule has 0 spiro atoms. The smallest absolute Gasteiger partial charge is 0.236 e. The highest BCUT2D eigenvalue weighted by Crippen LogP contribution is 2.38. The van der Waals surface area contributed by atoms with Gasteiger partial charge in [-0.1, -0.05) is 43.4 Å². The summed E-state index contributed by atoms with van der Waals surface area (Å²) in [7, 11) is 0.